The molecular weight excluding hydrogens is 645 g/mol. The lowest BCUT2D eigenvalue weighted by molar-refractivity contribution is -0.107. The van der Waals surface area contributed by atoms with E-state index < -0.39 is 5.91 Å². The highest BCUT2D eigenvalue weighted by molar-refractivity contribution is 7.99. The molecular formula is C41H36N4O4S. The number of pyridine rings is 1. The molecule has 8 nitrogen and oxygen atoms in total. The molecule has 250 valence electrons. The van der Waals surface area contributed by atoms with Crippen molar-refractivity contribution >= 4 is 57.8 Å². The fraction of sp³-hybridized carbons (Fsp3) is 0.122. The summed E-state index contributed by atoms with van der Waals surface area (Å²) in [5, 5.41) is 7.12. The van der Waals surface area contributed by atoms with Crippen LogP contribution in [0.25, 0.3) is 22.0 Å². The molecule has 9 heteroatoms. The third kappa shape index (κ3) is 8.02. The minimum absolute atomic E-state index is 0.213. The van der Waals surface area contributed by atoms with E-state index in [1.165, 1.54) is 23.5 Å². The number of hydrogen-bond acceptors (Lipinski definition) is 7. The van der Waals surface area contributed by atoms with Gasteiger partial charge < -0.3 is 25.9 Å². The summed E-state index contributed by atoms with van der Waals surface area (Å²) in [6.45, 7) is 1.97. The number of anilines is 3. The van der Waals surface area contributed by atoms with Gasteiger partial charge in [-0.15, -0.1) is 0 Å². The Labute approximate surface area is 295 Å². The second-order valence-corrected chi connectivity index (χ2v) is 13.0. The van der Waals surface area contributed by atoms with Crippen molar-refractivity contribution in [1.29, 1.82) is 0 Å². The molecule has 0 aliphatic rings. The molecule has 4 N–H and O–H groups in total. The molecule has 1 aromatic heterocycles. The quantitative estimate of drug-likeness (QED) is 0.0822. The minimum Gasteiger partial charge on any atom is -0.497 e. The Kier molecular flexibility index (Phi) is 10.5. The third-order valence-corrected chi connectivity index (χ3v) is 9.25. The van der Waals surface area contributed by atoms with Crippen LogP contribution in [-0.2, 0) is 11.2 Å². The number of aldehydes is 1. The largest absolute Gasteiger partial charge is 0.497 e. The van der Waals surface area contributed by atoms with E-state index in [0.717, 1.165) is 62.2 Å². The molecule has 0 radical (unpaired) electrons. The van der Waals surface area contributed by atoms with Crippen molar-refractivity contribution in [2.24, 2.45) is 5.73 Å². The maximum Gasteiger partial charge on any atom is 0.255 e. The van der Waals surface area contributed by atoms with Gasteiger partial charge >= 0.3 is 0 Å². The minimum atomic E-state index is -0.592. The number of hydrogen-bond donors (Lipinski definition) is 3. The van der Waals surface area contributed by atoms with Crippen molar-refractivity contribution in [1.82, 2.24) is 4.98 Å². The number of aromatic nitrogens is 1. The standard InChI is InChI=1S/C41H36N4O4S/c1-26-21-35(24-36-38(26)43-25-37(40(42)47)39(36)44-32-9-6-10-33(23-32)49-2)50-34-11-5-8-30(22-34)41(48)45-31-18-16-29(17-19-31)28-14-12-27(13-15-28)7-3-4-20-46/h5-6,8-25H,3-4,7H2,1-2H3,(H2,42,47)(H,43,44)(H,45,48). The highest BCUT2D eigenvalue weighted by atomic mass is 32.2. The van der Waals surface area contributed by atoms with Gasteiger partial charge in [-0.1, -0.05) is 60.3 Å². The predicted octanol–water partition coefficient (Wildman–Crippen LogP) is 8.99. The van der Waals surface area contributed by atoms with Gasteiger partial charge in [-0.25, -0.2) is 0 Å². The molecule has 6 rings (SSSR count). The first kappa shape index (κ1) is 34.0. The molecule has 0 saturated heterocycles. The Balaban J connectivity index is 1.19. The van der Waals surface area contributed by atoms with E-state index in [2.05, 4.69) is 39.9 Å². The number of benzene rings is 5. The van der Waals surface area contributed by atoms with Crippen LogP contribution >= 0.6 is 11.8 Å². The molecule has 0 saturated carbocycles. The highest BCUT2D eigenvalue weighted by Crippen LogP contribution is 2.37. The number of unbranched alkanes of at least 4 members (excludes halogenated alkanes) is 1. The van der Waals surface area contributed by atoms with E-state index in [1.54, 1.807) is 13.2 Å². The molecule has 50 heavy (non-hydrogen) atoms. The van der Waals surface area contributed by atoms with Crippen molar-refractivity contribution in [2.45, 2.75) is 36.0 Å². The van der Waals surface area contributed by atoms with Gasteiger partial charge in [0.1, 0.15) is 12.0 Å². The summed E-state index contributed by atoms with van der Waals surface area (Å²) < 4.78 is 5.38. The zero-order valence-electron chi connectivity index (χ0n) is 27.7. The molecule has 0 fully saturated rings. The topological polar surface area (TPSA) is 123 Å². The number of fused-ring (bicyclic) bond motifs is 1. The Bertz CT molecular complexity index is 2180. The maximum atomic E-state index is 13.3. The lowest BCUT2D eigenvalue weighted by Crippen LogP contribution is -2.14. The first-order chi connectivity index (χ1) is 24.3. The number of primary amides is 1. The van der Waals surface area contributed by atoms with Crippen molar-refractivity contribution in [3.8, 4) is 16.9 Å². The first-order valence-corrected chi connectivity index (χ1v) is 17.0. The number of nitrogens with one attached hydrogen (secondary N) is 2. The van der Waals surface area contributed by atoms with E-state index in [-0.39, 0.29) is 11.5 Å². The zero-order chi connectivity index (χ0) is 35.0. The van der Waals surface area contributed by atoms with Gasteiger partial charge in [0.05, 0.1) is 23.9 Å². The smallest absolute Gasteiger partial charge is 0.255 e. The van der Waals surface area contributed by atoms with Crippen LogP contribution < -0.4 is 21.1 Å². The molecule has 0 atom stereocenters. The Morgan fingerprint density at radius 1 is 0.860 bits per heavy atom. The van der Waals surface area contributed by atoms with Gasteiger partial charge in [-0.2, -0.15) is 0 Å². The van der Waals surface area contributed by atoms with Gasteiger partial charge in [0, 0.05) is 50.8 Å². The van der Waals surface area contributed by atoms with Crippen LogP contribution in [0, 0.1) is 6.92 Å². The van der Waals surface area contributed by atoms with Crippen LogP contribution in [0.4, 0.5) is 17.1 Å². The number of amides is 2. The average Bonchev–Trinajstić information content (AvgIpc) is 3.13. The molecule has 2 amide bonds. The Morgan fingerprint density at radius 3 is 2.32 bits per heavy atom. The molecule has 5 aromatic carbocycles. The van der Waals surface area contributed by atoms with Crippen molar-refractivity contribution in [3.05, 3.63) is 138 Å². The molecule has 6 aromatic rings. The number of carbonyl (C=O) groups excluding carboxylic acids is 3. The number of rotatable bonds is 13. The fourth-order valence-corrected chi connectivity index (χ4v) is 6.73. The van der Waals surface area contributed by atoms with E-state index in [4.69, 9.17) is 10.5 Å². The Hall–Kier alpha value is -5.93. The van der Waals surface area contributed by atoms with Crippen LogP contribution in [0.15, 0.2) is 125 Å². The second kappa shape index (κ2) is 15.5. The van der Waals surface area contributed by atoms with Crippen LogP contribution in [0.2, 0.25) is 0 Å². The molecule has 0 unspecified atom stereocenters. The average molecular weight is 681 g/mol. The maximum absolute atomic E-state index is 13.3. The molecule has 1 heterocycles. The van der Waals surface area contributed by atoms with Crippen LogP contribution in [0.5, 0.6) is 5.75 Å². The summed E-state index contributed by atoms with van der Waals surface area (Å²) in [5.41, 5.74) is 13.6. The summed E-state index contributed by atoms with van der Waals surface area (Å²) in [5.74, 6) is -0.131. The number of carbonyl (C=O) groups is 3. The van der Waals surface area contributed by atoms with Gasteiger partial charge in [-0.05, 0) is 96.6 Å². The fourth-order valence-electron chi connectivity index (χ4n) is 5.71. The Morgan fingerprint density at radius 2 is 1.60 bits per heavy atom. The van der Waals surface area contributed by atoms with E-state index >= 15 is 0 Å². The normalized spacial score (nSPS) is 10.8. The van der Waals surface area contributed by atoms with Crippen molar-refractivity contribution < 1.29 is 19.1 Å². The highest BCUT2D eigenvalue weighted by Gasteiger charge is 2.17. The van der Waals surface area contributed by atoms with Gasteiger partial charge in [0.25, 0.3) is 11.8 Å². The summed E-state index contributed by atoms with van der Waals surface area (Å²) >= 11 is 1.51. The SMILES string of the molecule is COc1cccc(Nc2c(C(N)=O)cnc3c(C)cc(Sc4cccc(C(=O)Nc5ccc(-c6ccc(CCCC=O)cc6)cc5)c4)cc23)c1. The van der Waals surface area contributed by atoms with Gasteiger partial charge in [0.15, 0.2) is 0 Å². The molecule has 0 aliphatic carbocycles. The second-order valence-electron chi connectivity index (χ2n) is 11.8. The molecule has 0 spiro atoms. The van der Waals surface area contributed by atoms with E-state index in [0.29, 0.717) is 29.1 Å². The van der Waals surface area contributed by atoms with Gasteiger partial charge in [0.2, 0.25) is 0 Å². The van der Waals surface area contributed by atoms with Crippen LogP contribution in [-0.4, -0.2) is 30.2 Å². The van der Waals surface area contributed by atoms with E-state index in [1.807, 2.05) is 85.8 Å². The molecule has 0 bridgehead atoms. The number of ether oxygens (including phenoxy) is 1. The lowest BCUT2D eigenvalue weighted by atomic mass is 10.0. The number of nitrogens with zero attached hydrogens (tertiary/aromatic N) is 1. The summed E-state index contributed by atoms with van der Waals surface area (Å²) in [6, 6.07) is 35.0. The number of methoxy groups -OCH3 is 1. The van der Waals surface area contributed by atoms with Crippen molar-refractivity contribution in [3.63, 3.8) is 0 Å². The van der Waals surface area contributed by atoms with Crippen LogP contribution in [0.3, 0.4) is 0 Å². The zero-order valence-corrected chi connectivity index (χ0v) is 28.6. The predicted molar refractivity (Wildman–Crippen MR) is 201 cm³/mol. The lowest BCUT2D eigenvalue weighted by Gasteiger charge is -2.16. The third-order valence-electron chi connectivity index (χ3n) is 8.29. The van der Waals surface area contributed by atoms with E-state index in [9.17, 15) is 14.4 Å². The summed E-state index contributed by atoms with van der Waals surface area (Å²) in [7, 11) is 1.60. The monoisotopic (exact) mass is 680 g/mol. The van der Waals surface area contributed by atoms with Crippen LogP contribution in [0.1, 0.15) is 44.7 Å². The van der Waals surface area contributed by atoms with Gasteiger partial charge in [-0.3, -0.25) is 14.6 Å². The van der Waals surface area contributed by atoms with Crippen molar-refractivity contribution in [2.75, 3.05) is 17.7 Å². The number of nitrogens with two attached hydrogens (primary N) is 1. The summed E-state index contributed by atoms with van der Waals surface area (Å²) in [6.07, 6.45) is 4.76. The summed E-state index contributed by atoms with van der Waals surface area (Å²) in [4.78, 5) is 42.7. The first-order valence-electron chi connectivity index (χ1n) is 16.2. The number of aryl methyl sites for hydroxylation is 2. The molecule has 0 aliphatic heterocycles.